The molecule has 0 radical (unpaired) electrons. The van der Waals surface area contributed by atoms with Crippen molar-refractivity contribution in [3.63, 3.8) is 0 Å². The van der Waals surface area contributed by atoms with Crippen LogP contribution in [0.15, 0.2) is 24.4 Å². The molecule has 0 aliphatic carbocycles. The van der Waals surface area contributed by atoms with Crippen LogP contribution >= 0.6 is 0 Å². The van der Waals surface area contributed by atoms with Crippen LogP contribution in [0.25, 0.3) is 0 Å². The minimum Gasteiger partial charge on any atom is -0.420 e. The summed E-state index contributed by atoms with van der Waals surface area (Å²) in [5.74, 6) is -2.69. The smallest absolute Gasteiger partial charge is 0.420 e. The van der Waals surface area contributed by atoms with Gasteiger partial charge in [0, 0.05) is 19.2 Å². The zero-order valence-corrected chi connectivity index (χ0v) is 12.6. The molecule has 1 fully saturated rings. The molecule has 0 unspecified atom stereocenters. The summed E-state index contributed by atoms with van der Waals surface area (Å²) < 4.78 is 51.4. The molecule has 1 aromatic carbocycles. The van der Waals surface area contributed by atoms with E-state index in [2.05, 4.69) is 11.3 Å². The number of benzene rings is 1. The Morgan fingerprint density at radius 1 is 1.20 bits per heavy atom. The van der Waals surface area contributed by atoms with Gasteiger partial charge in [-0.3, -0.25) is 20.2 Å². The molecular weight excluding hydrogens is 351 g/mol. The zero-order valence-electron chi connectivity index (χ0n) is 12.6. The van der Waals surface area contributed by atoms with E-state index in [1.165, 1.54) is 0 Å². The third-order valence-corrected chi connectivity index (χ3v) is 3.39. The molecule has 0 saturated carbocycles. The van der Waals surface area contributed by atoms with Gasteiger partial charge >= 0.3 is 17.5 Å². The van der Waals surface area contributed by atoms with Crippen LogP contribution in [0, 0.1) is 26.0 Å². The van der Waals surface area contributed by atoms with Gasteiger partial charge in [-0.1, -0.05) is 6.58 Å². The number of morpholine rings is 1. The van der Waals surface area contributed by atoms with Crippen LogP contribution in [-0.2, 0) is 4.74 Å². The second kappa shape index (κ2) is 6.93. The van der Waals surface area contributed by atoms with Crippen molar-refractivity contribution in [1.82, 2.24) is 4.90 Å². The zero-order chi connectivity index (χ0) is 18.8. The number of nitro groups is 2. The fourth-order valence-corrected chi connectivity index (χ4v) is 2.11. The number of hydrogen-bond donors (Lipinski definition) is 0. The van der Waals surface area contributed by atoms with Crippen molar-refractivity contribution >= 4 is 11.4 Å². The number of halogens is 3. The molecule has 12 heteroatoms. The molecule has 1 aliphatic rings. The first-order valence-electron chi connectivity index (χ1n) is 6.84. The van der Waals surface area contributed by atoms with E-state index in [1.54, 1.807) is 0 Å². The van der Waals surface area contributed by atoms with Gasteiger partial charge in [-0.25, -0.2) is 0 Å². The largest absolute Gasteiger partial charge is 0.441 e. The standard InChI is InChI=1S/C13H12F3N3O6/c1-8(17-2-4-24-5-3-17)13(15,16)25-12-6-9(14)10(18(20)21)7-11(12)19(22)23/h6-7H,1-5H2. The van der Waals surface area contributed by atoms with Crippen LogP contribution in [0.5, 0.6) is 5.75 Å². The van der Waals surface area contributed by atoms with Gasteiger partial charge in [0.25, 0.3) is 0 Å². The van der Waals surface area contributed by atoms with E-state index in [9.17, 15) is 33.4 Å². The van der Waals surface area contributed by atoms with E-state index < -0.39 is 44.6 Å². The molecule has 2 rings (SSSR count). The highest BCUT2D eigenvalue weighted by molar-refractivity contribution is 5.54. The summed E-state index contributed by atoms with van der Waals surface area (Å²) in [7, 11) is 0. The number of alkyl halides is 2. The molecule has 0 aromatic heterocycles. The van der Waals surface area contributed by atoms with Crippen molar-refractivity contribution < 1.29 is 32.5 Å². The van der Waals surface area contributed by atoms with Gasteiger partial charge in [0.2, 0.25) is 11.6 Å². The van der Waals surface area contributed by atoms with Gasteiger partial charge < -0.3 is 14.4 Å². The summed E-state index contributed by atoms with van der Waals surface area (Å²) >= 11 is 0. The predicted molar refractivity (Wildman–Crippen MR) is 76.8 cm³/mol. The maximum atomic E-state index is 14.2. The first kappa shape index (κ1) is 18.4. The van der Waals surface area contributed by atoms with Gasteiger partial charge in [-0.2, -0.15) is 13.2 Å². The first-order valence-corrected chi connectivity index (χ1v) is 6.84. The topological polar surface area (TPSA) is 108 Å². The Hall–Kier alpha value is -2.89. The maximum absolute atomic E-state index is 14.2. The Labute approximate surface area is 138 Å². The third-order valence-electron chi connectivity index (χ3n) is 3.39. The predicted octanol–water partition coefficient (Wildman–Crippen LogP) is 2.46. The molecule has 0 bridgehead atoms. The Morgan fingerprint density at radius 2 is 1.76 bits per heavy atom. The molecule has 1 heterocycles. The molecule has 25 heavy (non-hydrogen) atoms. The van der Waals surface area contributed by atoms with E-state index in [4.69, 9.17) is 4.74 Å². The van der Waals surface area contributed by atoms with Gasteiger partial charge in [0.15, 0.2) is 0 Å². The molecule has 0 spiro atoms. The van der Waals surface area contributed by atoms with Crippen LogP contribution in [0.1, 0.15) is 0 Å². The number of nitro benzene ring substituents is 2. The van der Waals surface area contributed by atoms with Gasteiger partial charge in [-0.05, 0) is 0 Å². The van der Waals surface area contributed by atoms with Crippen molar-refractivity contribution in [3.05, 3.63) is 50.5 Å². The van der Waals surface area contributed by atoms with E-state index in [0.29, 0.717) is 0 Å². The fourth-order valence-electron chi connectivity index (χ4n) is 2.11. The number of rotatable bonds is 6. The van der Waals surface area contributed by atoms with Crippen LogP contribution in [0.2, 0.25) is 0 Å². The molecular formula is C13H12F3N3O6. The second-order valence-corrected chi connectivity index (χ2v) is 4.95. The molecule has 1 aliphatic heterocycles. The average molecular weight is 363 g/mol. The first-order chi connectivity index (χ1) is 11.6. The van der Waals surface area contributed by atoms with Crippen LogP contribution < -0.4 is 4.74 Å². The normalized spacial score (nSPS) is 14.9. The van der Waals surface area contributed by atoms with Gasteiger partial charge in [0.1, 0.15) is 11.8 Å². The van der Waals surface area contributed by atoms with Crippen molar-refractivity contribution in [3.8, 4) is 5.75 Å². The lowest BCUT2D eigenvalue weighted by atomic mass is 10.2. The molecule has 1 saturated heterocycles. The number of ether oxygens (including phenoxy) is 2. The van der Waals surface area contributed by atoms with E-state index in [-0.39, 0.29) is 38.4 Å². The maximum Gasteiger partial charge on any atom is 0.441 e. The Kier molecular flexibility index (Phi) is 5.11. The summed E-state index contributed by atoms with van der Waals surface area (Å²) in [6, 6.07) is 0.398. The summed E-state index contributed by atoms with van der Waals surface area (Å²) in [6.07, 6.45) is -4.09. The van der Waals surface area contributed by atoms with Crippen molar-refractivity contribution in [2.24, 2.45) is 0 Å². The van der Waals surface area contributed by atoms with E-state index >= 15 is 0 Å². The van der Waals surface area contributed by atoms with Gasteiger partial charge in [0.05, 0.1) is 23.1 Å². The van der Waals surface area contributed by atoms with E-state index in [1.807, 2.05) is 0 Å². The minimum absolute atomic E-state index is 0.106. The molecule has 136 valence electrons. The lowest BCUT2D eigenvalue weighted by molar-refractivity contribution is -0.397. The Morgan fingerprint density at radius 3 is 2.28 bits per heavy atom. The van der Waals surface area contributed by atoms with Crippen molar-refractivity contribution in [2.45, 2.75) is 6.11 Å². The highest BCUT2D eigenvalue weighted by Gasteiger charge is 2.42. The van der Waals surface area contributed by atoms with Gasteiger partial charge in [-0.15, -0.1) is 0 Å². The average Bonchev–Trinajstić information content (AvgIpc) is 2.54. The summed E-state index contributed by atoms with van der Waals surface area (Å²) in [5, 5.41) is 21.6. The summed E-state index contributed by atoms with van der Waals surface area (Å²) in [5.41, 5.74) is -3.18. The lowest BCUT2D eigenvalue weighted by Crippen LogP contribution is -2.43. The molecule has 0 N–H and O–H groups in total. The van der Waals surface area contributed by atoms with Crippen LogP contribution in [0.4, 0.5) is 24.5 Å². The number of hydrogen-bond acceptors (Lipinski definition) is 7. The van der Waals surface area contributed by atoms with Crippen molar-refractivity contribution in [2.75, 3.05) is 26.3 Å². The van der Waals surface area contributed by atoms with Crippen LogP contribution in [0.3, 0.4) is 0 Å². The molecule has 9 nitrogen and oxygen atoms in total. The SMILES string of the molecule is C=C(N1CCOCC1)C(F)(F)Oc1cc(F)c([N+](=O)[O-])cc1[N+](=O)[O-]. The monoisotopic (exact) mass is 363 g/mol. The quantitative estimate of drug-likeness (QED) is 0.564. The minimum atomic E-state index is -4.09. The fraction of sp³-hybridized carbons (Fsp3) is 0.385. The summed E-state index contributed by atoms with van der Waals surface area (Å²) in [4.78, 5) is 20.3. The van der Waals surface area contributed by atoms with Crippen LogP contribution in [-0.4, -0.2) is 47.2 Å². The molecule has 0 amide bonds. The Balaban J connectivity index is 2.34. The van der Waals surface area contributed by atoms with E-state index in [0.717, 1.165) is 4.90 Å². The second-order valence-electron chi connectivity index (χ2n) is 4.95. The highest BCUT2D eigenvalue weighted by atomic mass is 19.3. The summed E-state index contributed by atoms with van der Waals surface area (Å²) in [6.45, 7) is 3.79. The lowest BCUT2D eigenvalue weighted by Gasteiger charge is -2.33. The van der Waals surface area contributed by atoms with Crippen molar-refractivity contribution in [1.29, 1.82) is 0 Å². The Bertz CT molecular complexity index is 721. The molecule has 0 atom stereocenters. The third kappa shape index (κ3) is 3.96. The highest BCUT2D eigenvalue weighted by Crippen LogP contribution is 2.38. The molecule has 1 aromatic rings. The number of nitrogens with zero attached hydrogens (tertiary/aromatic N) is 3.